The molecule has 0 heterocycles. The topological polar surface area (TPSA) is 0 Å². The van der Waals surface area contributed by atoms with E-state index in [-0.39, 0.29) is 0 Å². The molecule has 0 nitrogen and oxygen atoms in total. The number of hydrogen-bond acceptors (Lipinski definition) is 0. The zero-order chi connectivity index (χ0) is 14.5. The van der Waals surface area contributed by atoms with Crippen LogP contribution in [0.3, 0.4) is 0 Å². The van der Waals surface area contributed by atoms with Crippen molar-refractivity contribution in [2.45, 2.75) is 0 Å². The molecule has 0 aliphatic heterocycles. The Morgan fingerprint density at radius 1 is 0.524 bits per heavy atom. The van der Waals surface area contributed by atoms with Crippen LogP contribution in [0.15, 0.2) is 91.0 Å². The Morgan fingerprint density at radius 3 is 1.05 bits per heavy atom. The number of benzene rings is 3. The number of rotatable bonds is 4. The first-order valence-electron chi connectivity index (χ1n) is 6.75. The summed E-state index contributed by atoms with van der Waals surface area (Å²) in [6.07, 6.45) is 0. The van der Waals surface area contributed by atoms with Gasteiger partial charge in [0.2, 0.25) is 0 Å². The van der Waals surface area contributed by atoms with Crippen LogP contribution in [-0.2, 0) is 11.3 Å². The van der Waals surface area contributed by atoms with Crippen LogP contribution in [0.4, 0.5) is 0 Å². The standard InChI is InChI=1S/C18H15P.Cu.HI/c1-4-10-16(11-5-1)19(17-12-6-2-7-13-17)18-14-8-3-9-15-18;;/h1-15H;;1H. The van der Waals surface area contributed by atoms with Gasteiger partial charge >= 0.3 is 144 Å². The van der Waals surface area contributed by atoms with Crippen molar-refractivity contribution in [3.63, 3.8) is 0 Å². The average molecular weight is 454 g/mol. The molecule has 0 fully saturated rings. The van der Waals surface area contributed by atoms with Gasteiger partial charge < -0.3 is 0 Å². The molecule has 0 amide bonds. The zero-order valence-electron chi connectivity index (χ0n) is 11.3. The van der Waals surface area contributed by atoms with E-state index in [0.29, 0.717) is 0 Å². The Balaban J connectivity index is 2.29. The predicted molar refractivity (Wildman–Crippen MR) is 101 cm³/mol. The fourth-order valence-electron chi connectivity index (χ4n) is 2.56. The molecule has 21 heavy (non-hydrogen) atoms. The minimum atomic E-state index is -2.00. The van der Waals surface area contributed by atoms with Crippen LogP contribution in [0.5, 0.6) is 0 Å². The van der Waals surface area contributed by atoms with E-state index in [0.717, 1.165) is 0 Å². The molecule has 3 heteroatoms. The summed E-state index contributed by atoms with van der Waals surface area (Å²) < 4.78 is 0. The van der Waals surface area contributed by atoms with E-state index >= 15 is 0 Å². The van der Waals surface area contributed by atoms with Gasteiger partial charge in [-0.3, -0.25) is 0 Å². The Bertz CT molecular complexity index is 590. The summed E-state index contributed by atoms with van der Waals surface area (Å²) >= 11 is 4.57. The van der Waals surface area contributed by atoms with Gasteiger partial charge in [0, 0.05) is 0 Å². The van der Waals surface area contributed by atoms with Crippen molar-refractivity contribution in [2.24, 2.45) is 0 Å². The Morgan fingerprint density at radius 2 is 0.810 bits per heavy atom. The van der Waals surface area contributed by atoms with Gasteiger partial charge in [0.1, 0.15) is 0 Å². The van der Waals surface area contributed by atoms with Crippen molar-refractivity contribution >= 4 is 42.2 Å². The maximum absolute atomic E-state index is 2.48. The molecule has 3 rings (SSSR count). The van der Waals surface area contributed by atoms with Crippen LogP contribution in [-0.4, -0.2) is 0 Å². The normalized spacial score (nSPS) is 12.2. The molecule has 0 aromatic heterocycles. The van der Waals surface area contributed by atoms with Crippen molar-refractivity contribution in [3.05, 3.63) is 91.0 Å². The molecule has 0 saturated heterocycles. The molecule has 0 aliphatic rings. The van der Waals surface area contributed by atoms with E-state index in [1.54, 1.807) is 0 Å². The molecule has 0 unspecified atom stereocenters. The van der Waals surface area contributed by atoms with Crippen molar-refractivity contribution in [3.8, 4) is 0 Å². The second kappa shape index (κ2) is 7.07. The SMILES string of the molecule is [I][Cu][PH](c1ccccc1)(c1ccccc1)c1ccccc1. The van der Waals surface area contributed by atoms with Crippen LogP contribution >= 0.6 is 26.3 Å². The molecule has 0 spiro atoms. The van der Waals surface area contributed by atoms with Crippen molar-refractivity contribution in [1.29, 1.82) is 0 Å². The summed E-state index contributed by atoms with van der Waals surface area (Å²) in [6.45, 7) is 0. The molecule has 3 aromatic rings. The van der Waals surface area contributed by atoms with Gasteiger partial charge in [-0.1, -0.05) is 0 Å². The van der Waals surface area contributed by atoms with E-state index in [1.807, 2.05) is 0 Å². The van der Waals surface area contributed by atoms with Gasteiger partial charge in [-0.2, -0.15) is 0 Å². The van der Waals surface area contributed by atoms with Gasteiger partial charge in [-0.05, 0) is 0 Å². The Hall–Kier alpha value is -0.661. The van der Waals surface area contributed by atoms with Gasteiger partial charge in [-0.15, -0.1) is 0 Å². The first-order valence-corrected chi connectivity index (χ1v) is 13.0. The van der Waals surface area contributed by atoms with Crippen LogP contribution in [0, 0.1) is 0 Å². The molecule has 3 aromatic carbocycles. The van der Waals surface area contributed by atoms with E-state index in [1.165, 1.54) is 15.9 Å². The van der Waals surface area contributed by atoms with E-state index < -0.39 is 5.95 Å². The quantitative estimate of drug-likeness (QED) is 0.317. The van der Waals surface area contributed by atoms with Gasteiger partial charge in [0.15, 0.2) is 0 Å². The molecule has 0 radical (unpaired) electrons. The summed E-state index contributed by atoms with van der Waals surface area (Å²) in [5, 5.41) is 4.32. The molecule has 0 atom stereocenters. The fraction of sp³-hybridized carbons (Fsp3) is 0. The van der Waals surface area contributed by atoms with Crippen LogP contribution in [0.2, 0.25) is 0 Å². The van der Waals surface area contributed by atoms with Gasteiger partial charge in [-0.25, -0.2) is 0 Å². The summed E-state index contributed by atoms with van der Waals surface area (Å²) in [6, 6.07) is 32.8. The predicted octanol–water partition coefficient (Wildman–Crippen LogP) is 4.06. The second-order valence-electron chi connectivity index (χ2n) is 4.76. The molecule has 111 valence electrons. The minimum absolute atomic E-state index is 1.44. The Labute approximate surface area is 143 Å². The van der Waals surface area contributed by atoms with Crippen molar-refractivity contribution in [2.75, 3.05) is 0 Å². The maximum atomic E-state index is 2.48. The summed E-state index contributed by atoms with van der Waals surface area (Å²) in [5.41, 5.74) is 0. The number of hydrogen-bond donors (Lipinski definition) is 0. The van der Waals surface area contributed by atoms with Crippen molar-refractivity contribution in [1.82, 2.24) is 0 Å². The monoisotopic (exact) mass is 453 g/mol. The summed E-state index contributed by atoms with van der Waals surface area (Å²) in [7, 11) is 0. The summed E-state index contributed by atoms with van der Waals surface area (Å²) in [5.74, 6) is -2.00. The van der Waals surface area contributed by atoms with E-state index in [9.17, 15) is 0 Å². The van der Waals surface area contributed by atoms with E-state index in [2.05, 4.69) is 123 Å². The Kier molecular flexibility index (Phi) is 5.13. The third-order valence-corrected chi connectivity index (χ3v) is 16.2. The molecule has 0 saturated carbocycles. The first kappa shape index (κ1) is 15.2. The van der Waals surface area contributed by atoms with Gasteiger partial charge in [0.25, 0.3) is 0 Å². The first-order chi connectivity index (χ1) is 10.4. The number of halogens is 1. The van der Waals surface area contributed by atoms with Crippen LogP contribution < -0.4 is 15.9 Å². The third kappa shape index (κ3) is 2.96. The molecular weight excluding hydrogens is 438 g/mol. The zero-order valence-corrected chi connectivity index (χ0v) is 15.4. The fourth-order valence-corrected chi connectivity index (χ4v) is 14.9. The third-order valence-electron chi connectivity index (χ3n) is 3.53. The van der Waals surface area contributed by atoms with Crippen molar-refractivity contribution < 1.29 is 11.3 Å². The molecule has 0 N–H and O–H groups in total. The molecule has 0 bridgehead atoms. The molecular formula is C18H16CuIP. The van der Waals surface area contributed by atoms with E-state index in [4.69, 9.17) is 0 Å². The molecule has 0 aliphatic carbocycles. The average Bonchev–Trinajstić information content (AvgIpc) is 2.59. The van der Waals surface area contributed by atoms with Crippen LogP contribution in [0.1, 0.15) is 0 Å². The summed E-state index contributed by atoms with van der Waals surface area (Å²) in [4.78, 5) is 0. The van der Waals surface area contributed by atoms with Gasteiger partial charge in [0.05, 0.1) is 0 Å². The second-order valence-corrected chi connectivity index (χ2v) is 14.5. The van der Waals surface area contributed by atoms with Crippen LogP contribution in [0.25, 0.3) is 0 Å².